The second kappa shape index (κ2) is 10.9. The van der Waals surface area contributed by atoms with E-state index >= 15 is 0 Å². The predicted octanol–water partition coefficient (Wildman–Crippen LogP) is 5.77. The molecule has 9 heteroatoms. The van der Waals surface area contributed by atoms with Crippen molar-refractivity contribution in [2.45, 2.75) is 33.1 Å². The monoisotopic (exact) mass is 557 g/mol. The fourth-order valence-corrected chi connectivity index (χ4v) is 4.65. The second-order valence-electron chi connectivity index (χ2n) is 9.87. The number of hydrogen-bond donors (Lipinski definition) is 1. The van der Waals surface area contributed by atoms with E-state index in [1.165, 1.54) is 21.3 Å². The molecule has 0 aliphatic carbocycles. The highest BCUT2D eigenvalue weighted by atomic mass is 19.4. The average molecular weight is 558 g/mol. The number of hydrogen-bond acceptors (Lipinski definition) is 3. The van der Waals surface area contributed by atoms with Crippen molar-refractivity contribution in [1.82, 2.24) is 14.5 Å². The van der Waals surface area contributed by atoms with Gasteiger partial charge in [0.1, 0.15) is 0 Å². The van der Waals surface area contributed by atoms with Crippen LogP contribution >= 0.6 is 0 Å². The molecule has 1 N–H and O–H groups in total. The molecule has 0 radical (unpaired) electrons. The molecule has 0 fully saturated rings. The van der Waals surface area contributed by atoms with Crippen molar-refractivity contribution >= 4 is 16.8 Å². The van der Waals surface area contributed by atoms with Crippen molar-refractivity contribution in [2.75, 3.05) is 0 Å². The van der Waals surface area contributed by atoms with Crippen LogP contribution in [0.1, 0.15) is 38.2 Å². The molecule has 0 saturated heterocycles. The van der Waals surface area contributed by atoms with Crippen LogP contribution in [0.4, 0.5) is 13.2 Å². The number of alkyl halides is 3. The van der Waals surface area contributed by atoms with Crippen LogP contribution in [0.2, 0.25) is 0 Å². The van der Waals surface area contributed by atoms with E-state index in [1.54, 1.807) is 54.6 Å². The molecule has 208 valence electrons. The number of nitrogens with one attached hydrogen (secondary N) is 1. The van der Waals surface area contributed by atoms with Crippen LogP contribution in [0, 0.1) is 13.8 Å². The number of fused-ring (bicyclic) bond motifs is 1. The van der Waals surface area contributed by atoms with Crippen molar-refractivity contribution in [3.05, 3.63) is 145 Å². The first kappa shape index (κ1) is 27.6. The maximum Gasteiger partial charge on any atom is 0.416 e. The van der Waals surface area contributed by atoms with Crippen molar-refractivity contribution in [2.24, 2.45) is 0 Å². The standard InChI is InChI=1S/C32H26F3N3O3/c1-20-10-15-26(16-21(20)2)38-30(40)27-8-3-4-9-28(27)37(31(38)41)19-22-11-13-24(14-12-22)29(39)36-18-23-6-5-7-25(17-23)32(33,34)35/h3-17H,18-19H2,1-2H3,(H,36,39). The summed E-state index contributed by atoms with van der Waals surface area (Å²) >= 11 is 0. The summed E-state index contributed by atoms with van der Waals surface area (Å²) in [4.78, 5) is 39.7. The molecule has 5 aromatic rings. The molecule has 0 spiro atoms. The van der Waals surface area contributed by atoms with Gasteiger partial charge in [0.2, 0.25) is 0 Å². The van der Waals surface area contributed by atoms with Crippen LogP contribution in [0.5, 0.6) is 0 Å². The Kier molecular flexibility index (Phi) is 7.36. The first-order valence-electron chi connectivity index (χ1n) is 12.9. The Morgan fingerprint density at radius 1 is 0.805 bits per heavy atom. The number of para-hydroxylation sites is 1. The van der Waals surface area contributed by atoms with Gasteiger partial charge in [-0.2, -0.15) is 13.2 Å². The maximum absolute atomic E-state index is 13.7. The second-order valence-corrected chi connectivity index (χ2v) is 9.87. The molecule has 41 heavy (non-hydrogen) atoms. The molecule has 0 unspecified atom stereocenters. The largest absolute Gasteiger partial charge is 0.416 e. The number of carbonyl (C=O) groups is 1. The van der Waals surface area contributed by atoms with E-state index in [0.29, 0.717) is 27.7 Å². The summed E-state index contributed by atoms with van der Waals surface area (Å²) in [5.41, 5.74) is 2.67. The number of rotatable bonds is 6. The summed E-state index contributed by atoms with van der Waals surface area (Å²) < 4.78 is 41.6. The summed E-state index contributed by atoms with van der Waals surface area (Å²) in [6, 6.07) is 23.7. The third kappa shape index (κ3) is 5.70. The van der Waals surface area contributed by atoms with Gasteiger partial charge >= 0.3 is 11.9 Å². The Morgan fingerprint density at radius 3 is 2.24 bits per heavy atom. The van der Waals surface area contributed by atoms with Crippen molar-refractivity contribution < 1.29 is 18.0 Å². The van der Waals surface area contributed by atoms with Crippen LogP contribution in [-0.2, 0) is 19.3 Å². The van der Waals surface area contributed by atoms with Gasteiger partial charge in [-0.25, -0.2) is 9.36 Å². The Morgan fingerprint density at radius 2 is 1.54 bits per heavy atom. The average Bonchev–Trinajstić information content (AvgIpc) is 2.96. The molecule has 0 bridgehead atoms. The number of aryl methyl sites for hydroxylation is 2. The van der Waals surface area contributed by atoms with Gasteiger partial charge in [-0.3, -0.25) is 14.2 Å². The van der Waals surface area contributed by atoms with Gasteiger partial charge in [-0.05, 0) is 84.6 Å². The van der Waals surface area contributed by atoms with Crippen molar-refractivity contribution in [3.63, 3.8) is 0 Å². The minimum absolute atomic E-state index is 0.0636. The Hall–Kier alpha value is -4.92. The van der Waals surface area contributed by atoms with Gasteiger partial charge in [0.15, 0.2) is 0 Å². The molecule has 1 amide bonds. The van der Waals surface area contributed by atoms with Crippen molar-refractivity contribution in [1.29, 1.82) is 0 Å². The van der Waals surface area contributed by atoms with E-state index in [2.05, 4.69) is 5.32 Å². The summed E-state index contributed by atoms with van der Waals surface area (Å²) in [6.07, 6.45) is -4.46. The zero-order valence-corrected chi connectivity index (χ0v) is 22.3. The number of nitrogens with zero attached hydrogens (tertiary/aromatic N) is 2. The molecule has 0 aliphatic rings. The van der Waals surface area contributed by atoms with E-state index in [-0.39, 0.29) is 13.1 Å². The third-order valence-electron chi connectivity index (χ3n) is 7.06. The van der Waals surface area contributed by atoms with Crippen LogP contribution in [0.3, 0.4) is 0 Å². The maximum atomic E-state index is 13.7. The zero-order valence-electron chi connectivity index (χ0n) is 22.3. The molecule has 1 aromatic heterocycles. The van der Waals surface area contributed by atoms with Gasteiger partial charge in [-0.15, -0.1) is 0 Å². The lowest BCUT2D eigenvalue weighted by atomic mass is 10.1. The van der Waals surface area contributed by atoms with E-state index in [4.69, 9.17) is 0 Å². The molecule has 1 heterocycles. The fraction of sp³-hybridized carbons (Fsp3) is 0.156. The van der Waals surface area contributed by atoms with Crippen LogP contribution in [0.25, 0.3) is 16.6 Å². The van der Waals surface area contributed by atoms with E-state index in [9.17, 15) is 27.6 Å². The van der Waals surface area contributed by atoms with Gasteiger partial charge < -0.3 is 5.32 Å². The number of halogens is 3. The van der Waals surface area contributed by atoms with Crippen molar-refractivity contribution in [3.8, 4) is 5.69 Å². The van der Waals surface area contributed by atoms with Gasteiger partial charge in [-0.1, -0.05) is 42.5 Å². The summed E-state index contributed by atoms with van der Waals surface area (Å²) in [5.74, 6) is -0.445. The van der Waals surface area contributed by atoms with Crippen LogP contribution < -0.4 is 16.6 Å². The third-order valence-corrected chi connectivity index (χ3v) is 7.06. The Balaban J connectivity index is 1.41. The van der Waals surface area contributed by atoms with E-state index in [0.717, 1.165) is 28.8 Å². The minimum atomic E-state index is -4.46. The number of amides is 1. The molecule has 6 nitrogen and oxygen atoms in total. The van der Waals surface area contributed by atoms with Gasteiger partial charge in [0.25, 0.3) is 11.5 Å². The normalized spacial score (nSPS) is 11.5. The topological polar surface area (TPSA) is 73.1 Å². The Labute approximate surface area is 233 Å². The smallest absolute Gasteiger partial charge is 0.348 e. The first-order valence-corrected chi connectivity index (χ1v) is 12.9. The highest BCUT2D eigenvalue weighted by Gasteiger charge is 2.30. The van der Waals surface area contributed by atoms with Crippen LogP contribution in [-0.4, -0.2) is 15.0 Å². The molecule has 5 rings (SSSR count). The molecule has 4 aromatic carbocycles. The first-order chi connectivity index (χ1) is 19.5. The molecular formula is C32H26F3N3O3. The molecule has 0 aliphatic heterocycles. The van der Waals surface area contributed by atoms with Gasteiger partial charge in [0, 0.05) is 12.1 Å². The molecular weight excluding hydrogens is 531 g/mol. The lowest BCUT2D eigenvalue weighted by Crippen LogP contribution is -2.39. The molecule has 0 atom stereocenters. The quantitative estimate of drug-likeness (QED) is 0.288. The SMILES string of the molecule is Cc1ccc(-n2c(=O)c3ccccc3n(Cc3ccc(C(=O)NCc4cccc(C(F)(F)F)c4)cc3)c2=O)cc1C. The lowest BCUT2D eigenvalue weighted by Gasteiger charge is -2.15. The summed E-state index contributed by atoms with van der Waals surface area (Å²) in [5, 5.41) is 3.04. The van der Waals surface area contributed by atoms with E-state index < -0.39 is 28.9 Å². The fourth-order valence-electron chi connectivity index (χ4n) is 4.65. The zero-order chi connectivity index (χ0) is 29.3. The van der Waals surface area contributed by atoms with E-state index in [1.807, 2.05) is 26.0 Å². The summed E-state index contributed by atoms with van der Waals surface area (Å²) in [6.45, 7) is 3.96. The van der Waals surface area contributed by atoms with Crippen LogP contribution in [0.15, 0.2) is 101 Å². The molecule has 0 saturated carbocycles. The number of carbonyl (C=O) groups excluding carboxylic acids is 1. The number of aromatic nitrogens is 2. The minimum Gasteiger partial charge on any atom is -0.348 e. The highest BCUT2D eigenvalue weighted by Crippen LogP contribution is 2.29. The predicted molar refractivity (Wildman–Crippen MR) is 151 cm³/mol. The summed E-state index contributed by atoms with van der Waals surface area (Å²) in [7, 11) is 0. The lowest BCUT2D eigenvalue weighted by molar-refractivity contribution is -0.137. The Bertz CT molecular complexity index is 1890. The number of benzene rings is 4. The highest BCUT2D eigenvalue weighted by molar-refractivity contribution is 5.94. The van der Waals surface area contributed by atoms with Gasteiger partial charge in [0.05, 0.1) is 28.7 Å².